The molecule has 0 spiro atoms. The fourth-order valence-electron chi connectivity index (χ4n) is 3.64. The van der Waals surface area contributed by atoms with Crippen molar-refractivity contribution in [3.63, 3.8) is 0 Å². The van der Waals surface area contributed by atoms with E-state index in [1.807, 2.05) is 12.1 Å². The molecule has 120 valence electrons. The van der Waals surface area contributed by atoms with Gasteiger partial charge in [0.25, 0.3) is 5.91 Å². The zero-order valence-corrected chi connectivity index (χ0v) is 13.7. The number of amides is 1. The lowest BCUT2D eigenvalue weighted by molar-refractivity contribution is 0.0706. The minimum atomic E-state index is -0.447. The Balaban J connectivity index is 1.92. The second-order valence-corrected chi connectivity index (χ2v) is 6.65. The summed E-state index contributed by atoms with van der Waals surface area (Å²) in [6, 6.07) is 14.4. The normalized spacial score (nSPS) is 17.0. The van der Waals surface area contributed by atoms with Crippen LogP contribution < -0.4 is 5.48 Å². The Labute approximate surface area is 137 Å². The molecule has 1 unspecified atom stereocenters. The van der Waals surface area contributed by atoms with Crippen LogP contribution in [0.3, 0.4) is 0 Å². The van der Waals surface area contributed by atoms with Gasteiger partial charge in [0, 0.05) is 5.56 Å². The largest absolute Gasteiger partial charge is 0.288 e. The lowest BCUT2D eigenvalue weighted by Crippen LogP contribution is -2.20. The van der Waals surface area contributed by atoms with Crippen molar-refractivity contribution >= 4 is 5.91 Å². The minimum Gasteiger partial charge on any atom is -0.288 e. The Morgan fingerprint density at radius 1 is 1.17 bits per heavy atom. The van der Waals surface area contributed by atoms with Gasteiger partial charge in [-0.25, -0.2) is 5.48 Å². The number of benzene rings is 2. The first kappa shape index (κ1) is 15.8. The Hall–Kier alpha value is -2.13. The standard InChI is InChI=1S/C20H23NO2/c1-13(2)18-5-3-4-6-19(18)15-9-7-14-8-10-16(20(22)21-23)12-17(14)11-15/h3-6,8,10,12-13,15,23H,7,9,11H2,1-2H3,(H,21,22). The predicted molar refractivity (Wildman–Crippen MR) is 91.0 cm³/mol. The molecule has 0 aliphatic heterocycles. The Morgan fingerprint density at radius 2 is 1.96 bits per heavy atom. The maximum absolute atomic E-state index is 11.6. The number of carbonyl (C=O) groups is 1. The van der Waals surface area contributed by atoms with Gasteiger partial charge in [0.1, 0.15) is 0 Å². The molecule has 0 radical (unpaired) electrons. The zero-order valence-electron chi connectivity index (χ0n) is 13.7. The van der Waals surface area contributed by atoms with E-state index in [2.05, 4.69) is 38.1 Å². The van der Waals surface area contributed by atoms with Gasteiger partial charge < -0.3 is 0 Å². The van der Waals surface area contributed by atoms with E-state index in [-0.39, 0.29) is 0 Å². The van der Waals surface area contributed by atoms with E-state index in [4.69, 9.17) is 5.21 Å². The van der Waals surface area contributed by atoms with E-state index in [1.54, 1.807) is 11.5 Å². The number of hydroxylamine groups is 1. The highest BCUT2D eigenvalue weighted by Gasteiger charge is 2.23. The predicted octanol–water partition coefficient (Wildman–Crippen LogP) is 4.20. The van der Waals surface area contributed by atoms with E-state index in [9.17, 15) is 4.79 Å². The molecule has 2 N–H and O–H groups in total. The van der Waals surface area contributed by atoms with Crippen LogP contribution in [-0.2, 0) is 12.8 Å². The van der Waals surface area contributed by atoms with Crippen LogP contribution >= 0.6 is 0 Å². The summed E-state index contributed by atoms with van der Waals surface area (Å²) in [5, 5.41) is 8.82. The van der Waals surface area contributed by atoms with Gasteiger partial charge in [-0.2, -0.15) is 0 Å². The van der Waals surface area contributed by atoms with Crippen LogP contribution in [0.1, 0.15) is 64.7 Å². The zero-order chi connectivity index (χ0) is 16.4. The SMILES string of the molecule is CC(C)c1ccccc1C1CCc2ccc(C(=O)NO)cc2C1. The summed E-state index contributed by atoms with van der Waals surface area (Å²) in [5.74, 6) is 0.560. The number of hydrogen-bond acceptors (Lipinski definition) is 2. The molecule has 3 heteroatoms. The molecule has 2 aromatic rings. The molecule has 0 saturated carbocycles. The highest BCUT2D eigenvalue weighted by Crippen LogP contribution is 2.36. The highest BCUT2D eigenvalue weighted by molar-refractivity contribution is 5.93. The number of nitrogens with one attached hydrogen (secondary N) is 1. The summed E-state index contributed by atoms with van der Waals surface area (Å²) in [6.07, 6.45) is 3.13. The van der Waals surface area contributed by atoms with E-state index in [0.717, 1.165) is 19.3 Å². The molecule has 1 atom stereocenters. The summed E-state index contributed by atoms with van der Waals surface area (Å²) in [5.41, 5.74) is 7.63. The fraction of sp³-hybridized carbons (Fsp3) is 0.350. The topological polar surface area (TPSA) is 49.3 Å². The van der Waals surface area contributed by atoms with Crippen LogP contribution in [0.2, 0.25) is 0 Å². The molecule has 1 amide bonds. The van der Waals surface area contributed by atoms with Crippen LogP contribution in [0.15, 0.2) is 42.5 Å². The van der Waals surface area contributed by atoms with Gasteiger partial charge >= 0.3 is 0 Å². The summed E-state index contributed by atoms with van der Waals surface area (Å²) in [6.45, 7) is 4.47. The molecule has 1 aliphatic rings. The van der Waals surface area contributed by atoms with Gasteiger partial charge in [-0.05, 0) is 65.5 Å². The Bertz CT molecular complexity index is 721. The molecule has 0 bridgehead atoms. The summed E-state index contributed by atoms with van der Waals surface area (Å²) < 4.78 is 0. The molecular formula is C20H23NO2. The van der Waals surface area contributed by atoms with Gasteiger partial charge in [0.2, 0.25) is 0 Å². The summed E-state index contributed by atoms with van der Waals surface area (Å²) in [4.78, 5) is 11.6. The maximum atomic E-state index is 11.6. The van der Waals surface area contributed by atoms with Gasteiger partial charge in [-0.1, -0.05) is 44.2 Å². The summed E-state index contributed by atoms with van der Waals surface area (Å²) in [7, 11) is 0. The van der Waals surface area contributed by atoms with Crippen molar-refractivity contribution in [3.05, 3.63) is 70.3 Å². The maximum Gasteiger partial charge on any atom is 0.274 e. The van der Waals surface area contributed by atoms with E-state index < -0.39 is 5.91 Å². The van der Waals surface area contributed by atoms with Gasteiger partial charge in [-0.15, -0.1) is 0 Å². The van der Waals surface area contributed by atoms with Crippen molar-refractivity contribution in [3.8, 4) is 0 Å². The third-order valence-electron chi connectivity index (χ3n) is 4.86. The van der Waals surface area contributed by atoms with E-state index in [0.29, 0.717) is 17.4 Å². The van der Waals surface area contributed by atoms with Crippen LogP contribution in [0.25, 0.3) is 0 Å². The quantitative estimate of drug-likeness (QED) is 0.659. The second kappa shape index (κ2) is 6.55. The Kier molecular flexibility index (Phi) is 4.49. The van der Waals surface area contributed by atoms with E-state index in [1.165, 1.54) is 22.3 Å². The molecule has 1 aliphatic carbocycles. The van der Waals surface area contributed by atoms with Crippen molar-refractivity contribution in [2.24, 2.45) is 0 Å². The molecule has 0 aromatic heterocycles. The second-order valence-electron chi connectivity index (χ2n) is 6.65. The third-order valence-corrected chi connectivity index (χ3v) is 4.86. The van der Waals surface area contributed by atoms with Gasteiger partial charge in [0.05, 0.1) is 0 Å². The number of fused-ring (bicyclic) bond motifs is 1. The first-order valence-electron chi connectivity index (χ1n) is 8.25. The lowest BCUT2D eigenvalue weighted by Gasteiger charge is -2.28. The molecule has 0 heterocycles. The molecule has 2 aromatic carbocycles. The summed E-state index contributed by atoms with van der Waals surface area (Å²) >= 11 is 0. The highest BCUT2D eigenvalue weighted by atomic mass is 16.5. The van der Waals surface area contributed by atoms with Crippen molar-refractivity contribution in [1.82, 2.24) is 5.48 Å². The van der Waals surface area contributed by atoms with Crippen molar-refractivity contribution in [2.45, 2.75) is 44.9 Å². The van der Waals surface area contributed by atoms with Crippen molar-refractivity contribution in [2.75, 3.05) is 0 Å². The molecular weight excluding hydrogens is 286 g/mol. The number of rotatable bonds is 3. The van der Waals surface area contributed by atoms with Crippen LogP contribution in [0.4, 0.5) is 0 Å². The first-order chi connectivity index (χ1) is 11.1. The molecule has 23 heavy (non-hydrogen) atoms. The average molecular weight is 309 g/mol. The minimum absolute atomic E-state index is 0.447. The molecule has 3 rings (SSSR count). The smallest absolute Gasteiger partial charge is 0.274 e. The monoisotopic (exact) mass is 309 g/mol. The van der Waals surface area contributed by atoms with Crippen LogP contribution in [0.5, 0.6) is 0 Å². The lowest BCUT2D eigenvalue weighted by atomic mass is 9.77. The number of aryl methyl sites for hydroxylation is 1. The van der Waals surface area contributed by atoms with Gasteiger partial charge in [0.15, 0.2) is 0 Å². The van der Waals surface area contributed by atoms with Crippen molar-refractivity contribution < 1.29 is 10.0 Å². The van der Waals surface area contributed by atoms with Crippen molar-refractivity contribution in [1.29, 1.82) is 0 Å². The van der Waals surface area contributed by atoms with Crippen LogP contribution in [-0.4, -0.2) is 11.1 Å². The average Bonchev–Trinajstić information content (AvgIpc) is 2.60. The van der Waals surface area contributed by atoms with Gasteiger partial charge in [-0.3, -0.25) is 10.0 Å². The number of hydrogen-bond donors (Lipinski definition) is 2. The van der Waals surface area contributed by atoms with E-state index >= 15 is 0 Å². The molecule has 0 saturated heterocycles. The Morgan fingerprint density at radius 3 is 2.70 bits per heavy atom. The molecule has 3 nitrogen and oxygen atoms in total. The fourth-order valence-corrected chi connectivity index (χ4v) is 3.64. The molecule has 0 fully saturated rings. The first-order valence-corrected chi connectivity index (χ1v) is 8.25. The van der Waals surface area contributed by atoms with Crippen LogP contribution in [0, 0.1) is 0 Å². The third kappa shape index (κ3) is 3.15. The number of carbonyl (C=O) groups excluding carboxylic acids is 1.